The molecule has 0 saturated carbocycles. The lowest BCUT2D eigenvalue weighted by atomic mass is 9.99. The Morgan fingerprint density at radius 2 is 1.88 bits per heavy atom. The number of fused-ring (bicyclic) bond motifs is 2. The molecule has 0 aliphatic carbocycles. The molecule has 4 rings (SSSR count). The quantitative estimate of drug-likeness (QED) is 0.401. The molecule has 1 aliphatic rings. The number of ether oxygens (including phenoxy) is 2. The average Bonchev–Trinajstić information content (AvgIpc) is 3.09. The highest BCUT2D eigenvalue weighted by Gasteiger charge is 2.24. The van der Waals surface area contributed by atoms with E-state index in [-0.39, 0.29) is 17.2 Å². The second-order valence-corrected chi connectivity index (χ2v) is 9.88. The van der Waals surface area contributed by atoms with Crippen LogP contribution in [0.25, 0.3) is 10.2 Å². The van der Waals surface area contributed by atoms with E-state index < -0.39 is 0 Å². The lowest BCUT2D eigenvalue weighted by Crippen LogP contribution is -2.37. The standard InChI is InChI=1S/C23H27N3O4S2/c1-6-26-22(28)20-13(2)14(3)32-21(20)24-23(26)31-12-19(27)25-8-7-15-9-17(29-4)18(30-5)10-16(15)11-25/h9-10H,6-8,11-12H2,1-5H3. The molecule has 0 fully saturated rings. The molecule has 32 heavy (non-hydrogen) atoms. The summed E-state index contributed by atoms with van der Waals surface area (Å²) in [5, 5.41) is 1.30. The Morgan fingerprint density at radius 1 is 1.19 bits per heavy atom. The van der Waals surface area contributed by atoms with Crippen molar-refractivity contribution >= 4 is 39.2 Å². The Kier molecular flexibility index (Phi) is 6.48. The topological polar surface area (TPSA) is 73.7 Å². The van der Waals surface area contributed by atoms with E-state index in [9.17, 15) is 9.59 Å². The number of amides is 1. The number of carbonyl (C=O) groups excluding carboxylic acids is 1. The van der Waals surface area contributed by atoms with Crippen molar-refractivity contribution in [2.45, 2.75) is 45.4 Å². The minimum atomic E-state index is -0.0257. The highest BCUT2D eigenvalue weighted by Crippen LogP contribution is 2.34. The van der Waals surface area contributed by atoms with Gasteiger partial charge in [-0.1, -0.05) is 11.8 Å². The summed E-state index contributed by atoms with van der Waals surface area (Å²) in [6.45, 7) is 7.60. The number of aromatic nitrogens is 2. The van der Waals surface area contributed by atoms with Crippen LogP contribution in [0, 0.1) is 13.8 Å². The minimum absolute atomic E-state index is 0.0257. The first kappa shape index (κ1) is 22.7. The molecule has 1 aromatic carbocycles. The van der Waals surface area contributed by atoms with Crippen molar-refractivity contribution in [1.82, 2.24) is 14.5 Å². The summed E-state index contributed by atoms with van der Waals surface area (Å²) < 4.78 is 12.5. The monoisotopic (exact) mass is 473 g/mol. The normalized spacial score (nSPS) is 13.3. The van der Waals surface area contributed by atoms with Gasteiger partial charge in [0.15, 0.2) is 16.7 Å². The lowest BCUT2D eigenvalue weighted by Gasteiger charge is -2.29. The van der Waals surface area contributed by atoms with Gasteiger partial charge in [0, 0.05) is 24.5 Å². The van der Waals surface area contributed by atoms with E-state index in [0.29, 0.717) is 41.7 Å². The van der Waals surface area contributed by atoms with E-state index in [0.717, 1.165) is 27.3 Å². The molecule has 0 radical (unpaired) electrons. The van der Waals surface area contributed by atoms with Gasteiger partial charge in [-0.05, 0) is 56.0 Å². The van der Waals surface area contributed by atoms with Gasteiger partial charge in [-0.15, -0.1) is 11.3 Å². The number of thiophene rings is 1. The molecule has 0 bridgehead atoms. The predicted molar refractivity (Wildman–Crippen MR) is 128 cm³/mol. The summed E-state index contributed by atoms with van der Waals surface area (Å²) in [5.74, 6) is 1.65. The van der Waals surface area contributed by atoms with Crippen molar-refractivity contribution in [2.75, 3.05) is 26.5 Å². The second kappa shape index (κ2) is 9.15. The molecule has 0 saturated heterocycles. The van der Waals surface area contributed by atoms with Gasteiger partial charge in [-0.25, -0.2) is 4.98 Å². The molecule has 0 atom stereocenters. The number of thioether (sulfide) groups is 1. The molecular formula is C23H27N3O4S2. The van der Waals surface area contributed by atoms with Crippen LogP contribution in [0.4, 0.5) is 0 Å². The molecule has 0 spiro atoms. The van der Waals surface area contributed by atoms with Crippen molar-refractivity contribution < 1.29 is 14.3 Å². The van der Waals surface area contributed by atoms with Crippen LogP contribution in [0.5, 0.6) is 11.5 Å². The van der Waals surface area contributed by atoms with Gasteiger partial charge < -0.3 is 14.4 Å². The van der Waals surface area contributed by atoms with Crippen molar-refractivity contribution in [3.63, 3.8) is 0 Å². The number of aryl methyl sites for hydroxylation is 2. The number of hydrogen-bond acceptors (Lipinski definition) is 7. The average molecular weight is 474 g/mol. The summed E-state index contributed by atoms with van der Waals surface area (Å²) in [4.78, 5) is 34.4. The van der Waals surface area contributed by atoms with E-state index in [4.69, 9.17) is 14.5 Å². The van der Waals surface area contributed by atoms with E-state index >= 15 is 0 Å². The van der Waals surface area contributed by atoms with Gasteiger partial charge in [0.1, 0.15) is 4.83 Å². The third kappa shape index (κ3) is 3.99. The molecule has 170 valence electrons. The summed E-state index contributed by atoms with van der Waals surface area (Å²) >= 11 is 2.87. The Balaban J connectivity index is 1.52. The Morgan fingerprint density at radius 3 is 2.53 bits per heavy atom. The number of rotatable bonds is 6. The van der Waals surface area contributed by atoms with Crippen molar-refractivity contribution in [1.29, 1.82) is 0 Å². The molecule has 0 unspecified atom stereocenters. The lowest BCUT2D eigenvalue weighted by molar-refractivity contribution is -0.129. The molecule has 3 aromatic rings. The largest absolute Gasteiger partial charge is 0.493 e. The molecule has 3 heterocycles. The van der Waals surface area contributed by atoms with Crippen molar-refractivity contribution in [3.8, 4) is 11.5 Å². The minimum Gasteiger partial charge on any atom is -0.493 e. The highest BCUT2D eigenvalue weighted by atomic mass is 32.2. The van der Waals surface area contributed by atoms with Crippen LogP contribution in [0.3, 0.4) is 0 Å². The van der Waals surface area contributed by atoms with Crippen LogP contribution in [-0.2, 0) is 24.3 Å². The van der Waals surface area contributed by atoms with E-state index in [1.807, 2.05) is 37.8 Å². The molecular weight excluding hydrogens is 446 g/mol. The number of carbonyl (C=O) groups is 1. The summed E-state index contributed by atoms with van der Waals surface area (Å²) in [7, 11) is 3.24. The first-order valence-electron chi connectivity index (χ1n) is 10.5. The van der Waals surface area contributed by atoms with E-state index in [1.54, 1.807) is 18.8 Å². The molecule has 1 amide bonds. The van der Waals surface area contributed by atoms with Gasteiger partial charge in [0.2, 0.25) is 5.91 Å². The summed E-state index contributed by atoms with van der Waals surface area (Å²) in [5.41, 5.74) is 3.22. The van der Waals surface area contributed by atoms with Gasteiger partial charge in [0.05, 0.1) is 25.4 Å². The van der Waals surface area contributed by atoms with Gasteiger partial charge in [0.25, 0.3) is 5.56 Å². The highest BCUT2D eigenvalue weighted by molar-refractivity contribution is 7.99. The second-order valence-electron chi connectivity index (χ2n) is 7.74. The SMILES string of the molecule is CCn1c(SCC(=O)N2CCc3cc(OC)c(OC)cc3C2)nc2sc(C)c(C)c2c1=O. The first-order valence-corrected chi connectivity index (χ1v) is 12.3. The zero-order chi connectivity index (χ0) is 23.0. The zero-order valence-corrected chi connectivity index (χ0v) is 20.6. The molecule has 2 aromatic heterocycles. The maximum absolute atomic E-state index is 13.0. The van der Waals surface area contributed by atoms with Gasteiger partial charge in [-0.2, -0.15) is 0 Å². The summed E-state index contributed by atoms with van der Waals surface area (Å²) in [6, 6.07) is 3.95. The van der Waals surface area contributed by atoms with Crippen LogP contribution >= 0.6 is 23.1 Å². The van der Waals surface area contributed by atoms with Crippen molar-refractivity contribution in [2.24, 2.45) is 0 Å². The van der Waals surface area contributed by atoms with Crippen LogP contribution < -0.4 is 15.0 Å². The molecule has 1 aliphatic heterocycles. The van der Waals surface area contributed by atoms with E-state index in [2.05, 4.69) is 0 Å². The molecule has 9 heteroatoms. The number of hydrogen-bond donors (Lipinski definition) is 0. The van der Waals surface area contributed by atoms with Crippen LogP contribution in [0.1, 0.15) is 28.5 Å². The molecule has 0 N–H and O–H groups in total. The predicted octanol–water partition coefficient (Wildman–Crippen LogP) is 3.79. The Hall–Kier alpha value is -2.52. The van der Waals surface area contributed by atoms with Crippen LogP contribution in [0.15, 0.2) is 22.1 Å². The number of methoxy groups -OCH3 is 2. The van der Waals surface area contributed by atoms with E-state index in [1.165, 1.54) is 28.7 Å². The maximum atomic E-state index is 13.0. The third-order valence-corrected chi connectivity index (χ3v) is 8.03. The number of nitrogens with zero attached hydrogens (tertiary/aromatic N) is 3. The number of benzene rings is 1. The fourth-order valence-electron chi connectivity index (χ4n) is 4.01. The maximum Gasteiger partial charge on any atom is 0.263 e. The van der Waals surface area contributed by atoms with Crippen molar-refractivity contribution in [3.05, 3.63) is 44.1 Å². The zero-order valence-electron chi connectivity index (χ0n) is 19.0. The third-order valence-electron chi connectivity index (χ3n) is 5.97. The Bertz CT molecular complexity index is 1250. The van der Waals surface area contributed by atoms with Gasteiger partial charge >= 0.3 is 0 Å². The fourth-order valence-corrected chi connectivity index (χ4v) is 6.05. The van der Waals surface area contributed by atoms with Gasteiger partial charge in [-0.3, -0.25) is 14.2 Å². The first-order chi connectivity index (χ1) is 15.4. The molecule has 7 nitrogen and oxygen atoms in total. The van der Waals surface area contributed by atoms with Crippen LogP contribution in [0.2, 0.25) is 0 Å². The van der Waals surface area contributed by atoms with Crippen LogP contribution in [-0.4, -0.2) is 46.9 Å². The smallest absolute Gasteiger partial charge is 0.263 e. The summed E-state index contributed by atoms with van der Waals surface area (Å²) in [6.07, 6.45) is 0.768. The Labute approximate surface area is 195 Å². The fraction of sp³-hybridized carbons (Fsp3) is 0.435.